The maximum Gasteiger partial charge on any atom is 0.146 e. The Labute approximate surface area is 127 Å². The number of anilines is 1. The lowest BCUT2D eigenvalue weighted by molar-refractivity contribution is 0.199. The van der Waals surface area contributed by atoms with Crippen molar-refractivity contribution in [3.63, 3.8) is 0 Å². The molecule has 1 aliphatic heterocycles. The molecular weight excluding hydrogens is 267 g/mol. The van der Waals surface area contributed by atoms with Crippen LogP contribution in [0.1, 0.15) is 38.2 Å². The van der Waals surface area contributed by atoms with E-state index in [1.54, 1.807) is 19.2 Å². The fourth-order valence-corrected chi connectivity index (χ4v) is 3.14. The first kappa shape index (κ1) is 16.2. The van der Waals surface area contributed by atoms with Gasteiger partial charge in [-0.15, -0.1) is 0 Å². The number of para-hydroxylation sites is 1. The van der Waals surface area contributed by atoms with Gasteiger partial charge in [-0.1, -0.05) is 19.1 Å². The first-order chi connectivity index (χ1) is 10.3. The molecule has 21 heavy (non-hydrogen) atoms. The van der Waals surface area contributed by atoms with Crippen LogP contribution in [0.25, 0.3) is 0 Å². The fraction of sp³-hybridized carbons (Fsp3) is 0.647. The summed E-state index contributed by atoms with van der Waals surface area (Å²) in [7, 11) is 1.69. The Morgan fingerprint density at radius 3 is 3.00 bits per heavy atom. The molecule has 118 valence electrons. The number of halogens is 1. The van der Waals surface area contributed by atoms with Gasteiger partial charge in [0.1, 0.15) is 5.82 Å². The molecule has 0 radical (unpaired) electrons. The molecule has 1 fully saturated rings. The molecule has 1 aromatic rings. The van der Waals surface area contributed by atoms with Crippen LogP contribution >= 0.6 is 0 Å². The predicted molar refractivity (Wildman–Crippen MR) is 85.3 cm³/mol. The molecule has 0 saturated carbocycles. The van der Waals surface area contributed by atoms with Crippen molar-refractivity contribution in [1.82, 2.24) is 5.32 Å². The van der Waals surface area contributed by atoms with Crippen LogP contribution in [0.4, 0.5) is 10.1 Å². The molecule has 3 nitrogen and oxygen atoms in total. The Morgan fingerprint density at radius 2 is 2.24 bits per heavy atom. The highest BCUT2D eigenvalue weighted by atomic mass is 19.1. The van der Waals surface area contributed by atoms with E-state index in [0.29, 0.717) is 19.2 Å². The Balaban J connectivity index is 2.16. The average Bonchev–Trinajstić information content (AvgIpc) is 2.52. The van der Waals surface area contributed by atoms with Crippen molar-refractivity contribution in [3.8, 4) is 0 Å². The van der Waals surface area contributed by atoms with Gasteiger partial charge >= 0.3 is 0 Å². The fourth-order valence-electron chi connectivity index (χ4n) is 3.14. The molecule has 0 aromatic heterocycles. The van der Waals surface area contributed by atoms with Crippen LogP contribution < -0.4 is 10.2 Å². The molecule has 0 aliphatic carbocycles. The molecule has 1 unspecified atom stereocenters. The third-order valence-electron chi connectivity index (χ3n) is 4.25. The van der Waals surface area contributed by atoms with Crippen LogP contribution in [0.5, 0.6) is 0 Å². The van der Waals surface area contributed by atoms with Gasteiger partial charge < -0.3 is 15.0 Å². The first-order valence-corrected chi connectivity index (χ1v) is 8.01. The predicted octanol–water partition coefficient (Wildman–Crippen LogP) is 3.33. The summed E-state index contributed by atoms with van der Waals surface area (Å²) in [5.74, 6) is -0.0959. The number of piperidine rings is 1. The molecule has 0 amide bonds. The van der Waals surface area contributed by atoms with Crippen LogP contribution in [-0.2, 0) is 11.3 Å². The van der Waals surface area contributed by atoms with E-state index in [0.717, 1.165) is 37.2 Å². The SMILES string of the molecule is CCC1CCCCN1c1c(F)cccc1CNCCOC. The maximum absolute atomic E-state index is 14.4. The van der Waals surface area contributed by atoms with Crippen molar-refractivity contribution in [2.75, 3.05) is 31.7 Å². The summed E-state index contributed by atoms with van der Waals surface area (Å²) in [5.41, 5.74) is 1.85. The molecule has 1 saturated heterocycles. The summed E-state index contributed by atoms with van der Waals surface area (Å²) in [4.78, 5) is 2.28. The number of ether oxygens (including phenoxy) is 1. The lowest BCUT2D eigenvalue weighted by Gasteiger charge is -2.38. The summed E-state index contributed by atoms with van der Waals surface area (Å²) >= 11 is 0. The third kappa shape index (κ3) is 4.17. The van der Waals surface area contributed by atoms with E-state index < -0.39 is 0 Å². The molecule has 4 heteroatoms. The third-order valence-corrected chi connectivity index (χ3v) is 4.25. The van der Waals surface area contributed by atoms with Gasteiger partial charge in [0, 0.05) is 32.8 Å². The second-order valence-corrected chi connectivity index (χ2v) is 5.67. The standard InChI is InChI=1S/C17H27FN2O/c1-3-15-8-4-5-11-20(15)17-14(7-6-9-16(17)18)13-19-10-12-21-2/h6-7,9,15,19H,3-5,8,10-13H2,1-2H3. The highest BCUT2D eigenvalue weighted by Gasteiger charge is 2.25. The summed E-state index contributed by atoms with van der Waals surface area (Å²) in [6.45, 7) is 5.30. The van der Waals surface area contributed by atoms with E-state index in [-0.39, 0.29) is 5.82 Å². The van der Waals surface area contributed by atoms with Crippen LogP contribution in [0.2, 0.25) is 0 Å². The zero-order valence-corrected chi connectivity index (χ0v) is 13.2. The molecule has 1 aliphatic rings. The molecule has 1 atom stereocenters. The highest BCUT2D eigenvalue weighted by molar-refractivity contribution is 5.56. The smallest absolute Gasteiger partial charge is 0.146 e. The number of nitrogens with one attached hydrogen (secondary N) is 1. The molecular formula is C17H27FN2O. The van der Waals surface area contributed by atoms with Crippen LogP contribution in [0.3, 0.4) is 0 Å². The number of rotatable bonds is 7. The van der Waals surface area contributed by atoms with E-state index >= 15 is 0 Å². The first-order valence-electron chi connectivity index (χ1n) is 8.01. The monoisotopic (exact) mass is 294 g/mol. The van der Waals surface area contributed by atoms with Crippen LogP contribution in [-0.4, -0.2) is 32.8 Å². The van der Waals surface area contributed by atoms with E-state index in [1.807, 2.05) is 6.07 Å². The zero-order valence-electron chi connectivity index (χ0n) is 13.2. The number of hydrogen-bond acceptors (Lipinski definition) is 3. The van der Waals surface area contributed by atoms with E-state index in [9.17, 15) is 4.39 Å². The van der Waals surface area contributed by atoms with Crippen molar-refractivity contribution in [2.45, 2.75) is 45.2 Å². The summed E-state index contributed by atoms with van der Waals surface area (Å²) in [6, 6.07) is 5.87. The average molecular weight is 294 g/mol. The summed E-state index contributed by atoms with van der Waals surface area (Å²) in [5, 5.41) is 3.32. The van der Waals surface area contributed by atoms with Crippen molar-refractivity contribution in [1.29, 1.82) is 0 Å². The van der Waals surface area contributed by atoms with Gasteiger partial charge in [-0.3, -0.25) is 0 Å². The van der Waals surface area contributed by atoms with Crippen molar-refractivity contribution in [2.24, 2.45) is 0 Å². The van der Waals surface area contributed by atoms with Gasteiger partial charge in [0.15, 0.2) is 0 Å². The Bertz CT molecular complexity index is 439. The molecule has 1 heterocycles. The number of benzene rings is 1. The van der Waals surface area contributed by atoms with Gasteiger partial charge in [-0.2, -0.15) is 0 Å². The zero-order chi connectivity index (χ0) is 15.1. The Hall–Kier alpha value is -1.13. The van der Waals surface area contributed by atoms with Gasteiger partial charge in [0.05, 0.1) is 12.3 Å². The van der Waals surface area contributed by atoms with Gasteiger partial charge in [-0.25, -0.2) is 4.39 Å². The number of nitrogens with zero attached hydrogens (tertiary/aromatic N) is 1. The van der Waals surface area contributed by atoms with E-state index in [2.05, 4.69) is 17.1 Å². The number of methoxy groups -OCH3 is 1. The Kier molecular flexibility index (Phi) is 6.46. The molecule has 2 rings (SSSR count). The minimum atomic E-state index is -0.0959. The van der Waals surface area contributed by atoms with Gasteiger partial charge in [0.25, 0.3) is 0 Å². The quantitative estimate of drug-likeness (QED) is 0.781. The summed E-state index contributed by atoms with van der Waals surface area (Å²) < 4.78 is 19.5. The van der Waals surface area contributed by atoms with Crippen molar-refractivity contribution in [3.05, 3.63) is 29.6 Å². The van der Waals surface area contributed by atoms with Crippen LogP contribution in [0, 0.1) is 5.82 Å². The molecule has 0 bridgehead atoms. The van der Waals surface area contributed by atoms with Gasteiger partial charge in [-0.05, 0) is 37.3 Å². The second-order valence-electron chi connectivity index (χ2n) is 5.67. The molecule has 0 spiro atoms. The topological polar surface area (TPSA) is 24.5 Å². The van der Waals surface area contributed by atoms with E-state index in [4.69, 9.17) is 4.74 Å². The largest absolute Gasteiger partial charge is 0.383 e. The van der Waals surface area contributed by atoms with Crippen LogP contribution in [0.15, 0.2) is 18.2 Å². The van der Waals surface area contributed by atoms with Crippen molar-refractivity contribution < 1.29 is 9.13 Å². The lowest BCUT2D eigenvalue weighted by atomic mass is 9.97. The summed E-state index contributed by atoms with van der Waals surface area (Å²) in [6.07, 6.45) is 4.65. The van der Waals surface area contributed by atoms with Crippen molar-refractivity contribution >= 4 is 5.69 Å². The minimum Gasteiger partial charge on any atom is -0.383 e. The maximum atomic E-state index is 14.4. The second kappa shape index (κ2) is 8.35. The normalized spacial score (nSPS) is 19.0. The Morgan fingerprint density at radius 1 is 1.38 bits per heavy atom. The molecule has 1 N–H and O–H groups in total. The highest BCUT2D eigenvalue weighted by Crippen LogP contribution is 2.31. The minimum absolute atomic E-state index is 0.0959. The van der Waals surface area contributed by atoms with Gasteiger partial charge in [0.2, 0.25) is 0 Å². The lowest BCUT2D eigenvalue weighted by Crippen LogP contribution is -2.40. The molecule has 1 aromatic carbocycles. The number of hydrogen-bond donors (Lipinski definition) is 1. The van der Waals surface area contributed by atoms with E-state index in [1.165, 1.54) is 12.8 Å².